The van der Waals surface area contributed by atoms with Gasteiger partial charge in [0.05, 0.1) is 11.6 Å². The molecule has 0 aromatic heterocycles. The van der Waals surface area contributed by atoms with Gasteiger partial charge in [0.25, 0.3) is 0 Å². The number of rotatable bonds is 4. The highest BCUT2D eigenvalue weighted by Crippen LogP contribution is 2.39. The molecule has 0 radical (unpaired) electrons. The van der Waals surface area contributed by atoms with E-state index in [-0.39, 0.29) is 36.5 Å². The highest BCUT2D eigenvalue weighted by atomic mass is 16.6. The standard InChI is InChI=1S/C25H26N2O3/c1-17-12-19(15-26)10-11-23(17)24(28)20-13-21-8-5-9-22(14-20)27(21)25(29)30-16-18-6-3-2-4-7-18/h2-4,6-7,10-12,20-22H,5,8-9,13-14,16H2,1H3. The first-order chi connectivity index (χ1) is 14.6. The van der Waals surface area contributed by atoms with Crippen LogP contribution in [0.25, 0.3) is 0 Å². The number of carbonyl (C=O) groups is 2. The Labute approximate surface area is 177 Å². The van der Waals surface area contributed by atoms with Crippen molar-refractivity contribution in [2.45, 2.75) is 57.7 Å². The zero-order chi connectivity index (χ0) is 21.1. The smallest absolute Gasteiger partial charge is 0.410 e. The second kappa shape index (κ2) is 8.71. The van der Waals surface area contributed by atoms with Crippen LogP contribution in [-0.2, 0) is 11.3 Å². The summed E-state index contributed by atoms with van der Waals surface area (Å²) in [5, 5.41) is 9.06. The summed E-state index contributed by atoms with van der Waals surface area (Å²) in [5.74, 6) is 0.0382. The highest BCUT2D eigenvalue weighted by Gasteiger charge is 2.43. The number of amides is 1. The third kappa shape index (κ3) is 4.09. The van der Waals surface area contributed by atoms with Crippen molar-refractivity contribution in [1.29, 1.82) is 5.26 Å². The fourth-order valence-electron chi connectivity index (χ4n) is 4.92. The van der Waals surface area contributed by atoms with Crippen LogP contribution >= 0.6 is 0 Å². The Hall–Kier alpha value is -3.13. The van der Waals surface area contributed by atoms with Gasteiger partial charge in [0.15, 0.2) is 5.78 Å². The molecule has 2 bridgehead atoms. The third-order valence-electron chi connectivity index (χ3n) is 6.38. The summed E-state index contributed by atoms with van der Waals surface area (Å²) >= 11 is 0. The molecule has 5 heteroatoms. The minimum atomic E-state index is -0.269. The molecule has 2 saturated heterocycles. The molecule has 154 valence electrons. The van der Waals surface area contributed by atoms with E-state index in [0.717, 1.165) is 30.4 Å². The molecule has 0 N–H and O–H groups in total. The fraction of sp³-hybridized carbons (Fsp3) is 0.400. The monoisotopic (exact) mass is 402 g/mol. The van der Waals surface area contributed by atoms with Crippen LogP contribution in [0.4, 0.5) is 4.79 Å². The van der Waals surface area contributed by atoms with E-state index < -0.39 is 0 Å². The highest BCUT2D eigenvalue weighted by molar-refractivity contribution is 5.99. The minimum Gasteiger partial charge on any atom is -0.445 e. The quantitative estimate of drug-likeness (QED) is 0.673. The summed E-state index contributed by atoms with van der Waals surface area (Å²) in [4.78, 5) is 28.0. The Morgan fingerprint density at radius 3 is 2.43 bits per heavy atom. The molecular weight excluding hydrogens is 376 g/mol. The number of carbonyl (C=O) groups excluding carboxylic acids is 2. The van der Waals surface area contributed by atoms with Gasteiger partial charge in [-0.15, -0.1) is 0 Å². The second-order valence-corrected chi connectivity index (χ2v) is 8.36. The molecule has 2 unspecified atom stereocenters. The van der Waals surface area contributed by atoms with Gasteiger partial charge < -0.3 is 9.64 Å². The molecule has 2 aliphatic rings. The van der Waals surface area contributed by atoms with Crippen LogP contribution in [0, 0.1) is 24.2 Å². The van der Waals surface area contributed by atoms with Gasteiger partial charge in [0.1, 0.15) is 6.61 Å². The van der Waals surface area contributed by atoms with E-state index >= 15 is 0 Å². The van der Waals surface area contributed by atoms with Gasteiger partial charge in [0.2, 0.25) is 0 Å². The molecular formula is C25H26N2O3. The first-order valence-electron chi connectivity index (χ1n) is 10.6. The fourth-order valence-corrected chi connectivity index (χ4v) is 4.92. The SMILES string of the molecule is Cc1cc(C#N)ccc1C(=O)C1CC2CCCC(C1)N2C(=O)OCc1ccccc1. The van der Waals surface area contributed by atoms with Crippen molar-refractivity contribution in [1.82, 2.24) is 4.90 Å². The van der Waals surface area contributed by atoms with E-state index in [1.165, 1.54) is 0 Å². The molecule has 2 fully saturated rings. The van der Waals surface area contributed by atoms with Crippen LogP contribution in [0.2, 0.25) is 0 Å². The van der Waals surface area contributed by atoms with Gasteiger partial charge in [-0.1, -0.05) is 30.3 Å². The molecule has 0 spiro atoms. The zero-order valence-corrected chi connectivity index (χ0v) is 17.2. The van der Waals surface area contributed by atoms with E-state index in [2.05, 4.69) is 6.07 Å². The maximum atomic E-state index is 13.2. The molecule has 2 aromatic carbocycles. The molecule has 30 heavy (non-hydrogen) atoms. The normalized spacial score (nSPS) is 22.8. The Morgan fingerprint density at radius 1 is 1.10 bits per heavy atom. The Morgan fingerprint density at radius 2 is 1.80 bits per heavy atom. The average Bonchev–Trinajstić information content (AvgIpc) is 2.76. The largest absolute Gasteiger partial charge is 0.445 e. The number of ketones is 1. The molecule has 2 atom stereocenters. The van der Waals surface area contributed by atoms with Crippen molar-refractivity contribution in [3.05, 3.63) is 70.8 Å². The van der Waals surface area contributed by atoms with E-state index in [9.17, 15) is 9.59 Å². The lowest BCUT2D eigenvalue weighted by Gasteiger charge is -2.47. The number of benzene rings is 2. The zero-order valence-electron chi connectivity index (χ0n) is 17.2. The van der Waals surface area contributed by atoms with Gasteiger partial charge in [-0.3, -0.25) is 4.79 Å². The Kier molecular flexibility index (Phi) is 5.85. The molecule has 2 heterocycles. The number of nitrogens with zero attached hydrogens (tertiary/aromatic N) is 2. The molecule has 0 saturated carbocycles. The predicted octanol–water partition coefficient (Wildman–Crippen LogP) is 5.02. The number of aryl methyl sites for hydroxylation is 1. The molecule has 2 aliphatic heterocycles. The lowest BCUT2D eigenvalue weighted by atomic mass is 9.75. The summed E-state index contributed by atoms with van der Waals surface area (Å²) < 4.78 is 5.60. The van der Waals surface area contributed by atoms with Crippen LogP contribution in [0.5, 0.6) is 0 Å². The third-order valence-corrected chi connectivity index (χ3v) is 6.38. The Balaban J connectivity index is 1.45. The number of piperidine rings is 2. The Bertz CT molecular complexity index is 966. The van der Waals surface area contributed by atoms with Crippen LogP contribution < -0.4 is 0 Å². The van der Waals surface area contributed by atoms with Gasteiger partial charge in [0, 0.05) is 23.6 Å². The number of hydrogen-bond acceptors (Lipinski definition) is 4. The average molecular weight is 402 g/mol. The van der Waals surface area contributed by atoms with E-state index in [1.54, 1.807) is 18.2 Å². The molecule has 5 nitrogen and oxygen atoms in total. The van der Waals surface area contributed by atoms with Gasteiger partial charge in [-0.2, -0.15) is 5.26 Å². The van der Waals surface area contributed by atoms with E-state index in [4.69, 9.17) is 10.00 Å². The topological polar surface area (TPSA) is 70.4 Å². The van der Waals surface area contributed by atoms with Gasteiger partial charge >= 0.3 is 6.09 Å². The summed E-state index contributed by atoms with van der Waals surface area (Å²) in [6.07, 6.45) is 3.98. The lowest BCUT2D eigenvalue weighted by molar-refractivity contribution is 0.00471. The first kappa shape index (κ1) is 20.2. The maximum Gasteiger partial charge on any atom is 0.410 e. The summed E-state index contributed by atoms with van der Waals surface area (Å²) in [6.45, 7) is 2.15. The van der Waals surface area contributed by atoms with Crippen molar-refractivity contribution < 1.29 is 14.3 Å². The summed E-state index contributed by atoms with van der Waals surface area (Å²) in [6, 6.07) is 17.1. The summed E-state index contributed by atoms with van der Waals surface area (Å²) in [7, 11) is 0. The molecule has 1 amide bonds. The van der Waals surface area contributed by atoms with Crippen LogP contribution in [0.3, 0.4) is 0 Å². The number of ether oxygens (including phenoxy) is 1. The number of fused-ring (bicyclic) bond motifs is 2. The van der Waals surface area contributed by atoms with Crippen LogP contribution in [0.15, 0.2) is 48.5 Å². The van der Waals surface area contributed by atoms with Crippen molar-refractivity contribution >= 4 is 11.9 Å². The van der Waals surface area contributed by atoms with E-state index in [1.807, 2.05) is 42.2 Å². The molecule has 2 aromatic rings. The van der Waals surface area contributed by atoms with Gasteiger partial charge in [-0.05, 0) is 68.4 Å². The first-order valence-corrected chi connectivity index (χ1v) is 10.6. The predicted molar refractivity (Wildman–Crippen MR) is 113 cm³/mol. The van der Waals surface area contributed by atoms with Crippen LogP contribution in [-0.4, -0.2) is 28.9 Å². The summed E-state index contributed by atoms with van der Waals surface area (Å²) in [5.41, 5.74) is 3.07. The van der Waals surface area contributed by atoms with Crippen molar-refractivity contribution in [2.75, 3.05) is 0 Å². The number of nitriles is 1. The van der Waals surface area contributed by atoms with Crippen molar-refractivity contribution in [3.8, 4) is 6.07 Å². The van der Waals surface area contributed by atoms with Crippen LogP contribution in [0.1, 0.15) is 59.2 Å². The second-order valence-electron chi connectivity index (χ2n) is 8.36. The lowest BCUT2D eigenvalue weighted by Crippen LogP contribution is -2.55. The minimum absolute atomic E-state index is 0.0495. The van der Waals surface area contributed by atoms with Crippen molar-refractivity contribution in [3.63, 3.8) is 0 Å². The van der Waals surface area contributed by atoms with Crippen molar-refractivity contribution in [2.24, 2.45) is 5.92 Å². The molecule has 4 rings (SSSR count). The maximum absolute atomic E-state index is 13.2. The number of Topliss-reactive ketones (excluding diaryl/α,β-unsaturated/α-hetero) is 1. The number of hydrogen-bond donors (Lipinski definition) is 0. The van der Waals surface area contributed by atoms with Gasteiger partial charge in [-0.25, -0.2) is 4.79 Å². The van der Waals surface area contributed by atoms with E-state index in [0.29, 0.717) is 24.0 Å². The molecule has 0 aliphatic carbocycles.